The van der Waals surface area contributed by atoms with E-state index in [1.54, 1.807) is 18.2 Å². The van der Waals surface area contributed by atoms with Crippen molar-refractivity contribution in [2.24, 2.45) is 5.92 Å². The minimum atomic E-state index is -1.01. The Labute approximate surface area is 92.8 Å². The Morgan fingerprint density at radius 3 is 3.00 bits per heavy atom. The van der Waals surface area contributed by atoms with Crippen molar-refractivity contribution in [3.8, 4) is 5.75 Å². The summed E-state index contributed by atoms with van der Waals surface area (Å²) < 4.78 is 5.05. The highest BCUT2D eigenvalue weighted by Crippen LogP contribution is 2.29. The third kappa shape index (κ3) is 1.91. The second kappa shape index (κ2) is 3.96. The van der Waals surface area contributed by atoms with Crippen LogP contribution in [0.5, 0.6) is 5.75 Å². The molecular formula is C12H12O4. The number of hydrogen-bond acceptors (Lipinski definition) is 3. The van der Waals surface area contributed by atoms with E-state index in [0.717, 1.165) is 11.1 Å². The predicted octanol–water partition coefficient (Wildman–Crippen LogP) is 1.52. The quantitative estimate of drug-likeness (QED) is 0.838. The maximum Gasteiger partial charge on any atom is 0.341 e. The van der Waals surface area contributed by atoms with E-state index in [1.807, 2.05) is 6.92 Å². The summed E-state index contributed by atoms with van der Waals surface area (Å²) >= 11 is 0. The number of carboxylic acid groups (broad SMARTS) is 1. The zero-order valence-electron chi connectivity index (χ0n) is 8.90. The van der Waals surface area contributed by atoms with Crippen molar-refractivity contribution >= 4 is 11.8 Å². The number of aliphatic carboxylic acids is 1. The van der Waals surface area contributed by atoms with Crippen LogP contribution in [0.3, 0.4) is 0 Å². The van der Waals surface area contributed by atoms with Gasteiger partial charge >= 0.3 is 5.97 Å². The smallest absolute Gasteiger partial charge is 0.341 e. The number of Topliss-reactive ketones (excluding diaryl/α,β-unsaturated/α-hetero) is 1. The standard InChI is InChI=1S/C12H12O4/c1-7-4-8-5-9(16-6-11(13)14)2-3-10(8)12(7)15/h2-3,5,7H,4,6H2,1H3,(H,13,14). The lowest BCUT2D eigenvalue weighted by molar-refractivity contribution is -0.139. The molecule has 1 aromatic rings. The summed E-state index contributed by atoms with van der Waals surface area (Å²) in [5, 5.41) is 8.47. The van der Waals surface area contributed by atoms with E-state index in [4.69, 9.17) is 9.84 Å². The molecule has 0 amide bonds. The molecule has 1 N–H and O–H groups in total. The molecule has 1 aromatic carbocycles. The van der Waals surface area contributed by atoms with Crippen LogP contribution >= 0.6 is 0 Å². The average Bonchev–Trinajstić information content (AvgIpc) is 2.52. The molecule has 0 aromatic heterocycles. The van der Waals surface area contributed by atoms with Crippen molar-refractivity contribution in [3.05, 3.63) is 29.3 Å². The number of hydrogen-bond donors (Lipinski definition) is 1. The second-order valence-corrected chi connectivity index (χ2v) is 3.97. The molecule has 0 bridgehead atoms. The molecule has 2 rings (SSSR count). The molecule has 1 unspecified atom stereocenters. The van der Waals surface area contributed by atoms with Crippen molar-refractivity contribution < 1.29 is 19.4 Å². The van der Waals surface area contributed by atoms with Gasteiger partial charge in [0, 0.05) is 11.5 Å². The van der Waals surface area contributed by atoms with Crippen molar-refractivity contribution in [2.75, 3.05) is 6.61 Å². The van der Waals surface area contributed by atoms with Crippen molar-refractivity contribution in [1.82, 2.24) is 0 Å². The average molecular weight is 220 g/mol. The number of ether oxygens (including phenoxy) is 1. The lowest BCUT2D eigenvalue weighted by Gasteiger charge is -2.04. The SMILES string of the molecule is CC1Cc2cc(OCC(=O)O)ccc2C1=O. The number of fused-ring (bicyclic) bond motifs is 1. The van der Waals surface area contributed by atoms with Gasteiger partial charge in [0.2, 0.25) is 0 Å². The van der Waals surface area contributed by atoms with Gasteiger partial charge in [-0.05, 0) is 30.2 Å². The van der Waals surface area contributed by atoms with E-state index >= 15 is 0 Å². The zero-order chi connectivity index (χ0) is 11.7. The lowest BCUT2D eigenvalue weighted by Crippen LogP contribution is -2.09. The van der Waals surface area contributed by atoms with Crippen LogP contribution in [-0.2, 0) is 11.2 Å². The lowest BCUT2D eigenvalue weighted by atomic mass is 10.1. The van der Waals surface area contributed by atoms with Gasteiger partial charge in [0.15, 0.2) is 12.4 Å². The fraction of sp³-hybridized carbons (Fsp3) is 0.333. The first-order valence-electron chi connectivity index (χ1n) is 5.09. The van der Waals surface area contributed by atoms with Crippen LogP contribution in [0.4, 0.5) is 0 Å². The Hall–Kier alpha value is -1.84. The van der Waals surface area contributed by atoms with E-state index in [2.05, 4.69) is 0 Å². The fourth-order valence-corrected chi connectivity index (χ4v) is 1.90. The monoisotopic (exact) mass is 220 g/mol. The van der Waals surface area contributed by atoms with E-state index < -0.39 is 5.97 Å². The molecule has 0 heterocycles. The second-order valence-electron chi connectivity index (χ2n) is 3.97. The molecule has 84 valence electrons. The zero-order valence-corrected chi connectivity index (χ0v) is 8.90. The van der Waals surface area contributed by atoms with E-state index in [-0.39, 0.29) is 18.3 Å². The molecule has 1 atom stereocenters. The summed E-state index contributed by atoms with van der Waals surface area (Å²) in [4.78, 5) is 22.0. The van der Waals surface area contributed by atoms with Crippen LogP contribution in [0.25, 0.3) is 0 Å². The number of carbonyl (C=O) groups excluding carboxylic acids is 1. The van der Waals surface area contributed by atoms with Crippen molar-refractivity contribution in [2.45, 2.75) is 13.3 Å². The fourth-order valence-electron chi connectivity index (χ4n) is 1.90. The molecule has 16 heavy (non-hydrogen) atoms. The van der Waals surface area contributed by atoms with Gasteiger partial charge in [-0.2, -0.15) is 0 Å². The van der Waals surface area contributed by atoms with Gasteiger partial charge in [-0.1, -0.05) is 6.92 Å². The molecule has 4 heteroatoms. The highest BCUT2D eigenvalue weighted by Gasteiger charge is 2.26. The van der Waals surface area contributed by atoms with Crippen LogP contribution in [0, 0.1) is 5.92 Å². The minimum Gasteiger partial charge on any atom is -0.482 e. The van der Waals surface area contributed by atoms with Crippen LogP contribution in [0.2, 0.25) is 0 Å². The van der Waals surface area contributed by atoms with E-state index in [0.29, 0.717) is 12.2 Å². The Bertz CT molecular complexity index is 450. The number of rotatable bonds is 3. The highest BCUT2D eigenvalue weighted by molar-refractivity contribution is 6.02. The summed E-state index contributed by atoms with van der Waals surface area (Å²) in [7, 11) is 0. The van der Waals surface area contributed by atoms with E-state index in [1.165, 1.54) is 0 Å². The van der Waals surface area contributed by atoms with Crippen LogP contribution < -0.4 is 4.74 Å². The van der Waals surface area contributed by atoms with Crippen molar-refractivity contribution in [1.29, 1.82) is 0 Å². The molecule has 0 saturated heterocycles. The predicted molar refractivity (Wildman–Crippen MR) is 56.8 cm³/mol. The third-order valence-corrected chi connectivity index (χ3v) is 2.68. The van der Waals surface area contributed by atoms with Crippen LogP contribution in [0.15, 0.2) is 18.2 Å². The van der Waals surface area contributed by atoms with Crippen LogP contribution in [0.1, 0.15) is 22.8 Å². The van der Waals surface area contributed by atoms with Crippen LogP contribution in [-0.4, -0.2) is 23.5 Å². The number of benzene rings is 1. The summed E-state index contributed by atoms with van der Waals surface area (Å²) in [5.41, 5.74) is 1.68. The molecule has 0 saturated carbocycles. The van der Waals surface area contributed by atoms with Gasteiger partial charge < -0.3 is 9.84 Å². The first-order chi connectivity index (χ1) is 7.58. The van der Waals surface area contributed by atoms with Gasteiger partial charge in [-0.15, -0.1) is 0 Å². The molecular weight excluding hydrogens is 208 g/mol. The molecule has 0 radical (unpaired) electrons. The van der Waals surface area contributed by atoms with E-state index in [9.17, 15) is 9.59 Å². The number of ketones is 1. The van der Waals surface area contributed by atoms with Gasteiger partial charge in [-0.3, -0.25) is 4.79 Å². The molecule has 1 aliphatic rings. The first-order valence-corrected chi connectivity index (χ1v) is 5.09. The topological polar surface area (TPSA) is 63.6 Å². The maximum absolute atomic E-state index is 11.6. The summed E-state index contributed by atoms with van der Waals surface area (Å²) in [6.07, 6.45) is 0.707. The summed E-state index contributed by atoms with van der Waals surface area (Å²) in [6.45, 7) is 1.53. The number of carbonyl (C=O) groups is 2. The number of carboxylic acids is 1. The molecule has 1 aliphatic carbocycles. The Morgan fingerprint density at radius 2 is 2.31 bits per heavy atom. The normalized spacial score (nSPS) is 18.3. The molecule has 0 fully saturated rings. The molecule has 0 spiro atoms. The maximum atomic E-state index is 11.6. The van der Waals surface area contributed by atoms with Gasteiger partial charge in [0.05, 0.1) is 0 Å². The van der Waals surface area contributed by atoms with Crippen molar-refractivity contribution in [3.63, 3.8) is 0 Å². The Balaban J connectivity index is 2.18. The molecule has 4 nitrogen and oxygen atoms in total. The minimum absolute atomic E-state index is 0.0183. The largest absolute Gasteiger partial charge is 0.482 e. The Kier molecular flexibility index (Phi) is 2.64. The Morgan fingerprint density at radius 1 is 1.56 bits per heavy atom. The van der Waals surface area contributed by atoms with Gasteiger partial charge in [-0.25, -0.2) is 4.79 Å². The van der Waals surface area contributed by atoms with Gasteiger partial charge in [0.1, 0.15) is 5.75 Å². The van der Waals surface area contributed by atoms with Gasteiger partial charge in [0.25, 0.3) is 0 Å². The third-order valence-electron chi connectivity index (χ3n) is 2.68. The first kappa shape index (κ1) is 10.7. The highest BCUT2D eigenvalue weighted by atomic mass is 16.5. The summed E-state index contributed by atoms with van der Waals surface area (Å²) in [5.74, 6) is -0.336. The summed E-state index contributed by atoms with van der Waals surface area (Å²) in [6, 6.07) is 5.09. The molecule has 0 aliphatic heterocycles.